The van der Waals surface area contributed by atoms with E-state index in [0.717, 1.165) is 17.4 Å². The Hall–Kier alpha value is -2.44. The first kappa shape index (κ1) is 22.7. The normalized spacial score (nSPS) is 23.0. The highest BCUT2D eigenvalue weighted by atomic mass is 19.4. The van der Waals surface area contributed by atoms with Crippen molar-refractivity contribution in [3.8, 4) is 0 Å². The van der Waals surface area contributed by atoms with Gasteiger partial charge in [0, 0.05) is 41.9 Å². The van der Waals surface area contributed by atoms with E-state index >= 15 is 0 Å². The van der Waals surface area contributed by atoms with Crippen LogP contribution < -0.4 is 10.4 Å². The number of Topliss-reactive ketones (excluding diaryl/α,β-unsaturated/α-hetero) is 1. The van der Waals surface area contributed by atoms with Crippen molar-refractivity contribution in [2.24, 2.45) is 17.6 Å². The van der Waals surface area contributed by atoms with Crippen molar-refractivity contribution in [3.63, 3.8) is 0 Å². The van der Waals surface area contributed by atoms with Crippen LogP contribution in [0.2, 0.25) is 0 Å². The maximum Gasteiger partial charge on any atom is 0.492 e. The Morgan fingerprint density at radius 3 is 2.72 bits per heavy atom. The van der Waals surface area contributed by atoms with Gasteiger partial charge in [0.25, 0.3) is 5.71 Å². The lowest BCUT2D eigenvalue weighted by molar-refractivity contribution is -0.123. The van der Waals surface area contributed by atoms with E-state index in [1.54, 1.807) is 12.3 Å². The first-order valence-corrected chi connectivity index (χ1v) is 11.3. The number of halogens is 4. The highest BCUT2D eigenvalue weighted by Gasteiger charge is 2.58. The summed E-state index contributed by atoms with van der Waals surface area (Å²) in [4.78, 5) is 16.0. The molecule has 1 aliphatic heterocycles. The molecule has 3 N–H and O–H groups in total. The van der Waals surface area contributed by atoms with Crippen molar-refractivity contribution in [1.82, 2.24) is 9.65 Å². The second kappa shape index (κ2) is 9.20. The van der Waals surface area contributed by atoms with Gasteiger partial charge < -0.3 is 10.7 Å². The molecule has 2 aromatic rings. The molecule has 0 spiro atoms. The first-order chi connectivity index (χ1) is 15.2. The summed E-state index contributed by atoms with van der Waals surface area (Å²) in [6, 6.07) is 4.21. The van der Waals surface area contributed by atoms with Gasteiger partial charge in [-0.1, -0.05) is 17.5 Å². The molecule has 0 amide bonds. The average Bonchev–Trinajstić information content (AvgIpc) is 3.08. The number of hydrogen-bond donors (Lipinski definition) is 2. The quantitative estimate of drug-likeness (QED) is 0.515. The molecule has 172 valence electrons. The zero-order valence-electron chi connectivity index (χ0n) is 17.9. The van der Waals surface area contributed by atoms with Crippen LogP contribution in [0.25, 0.3) is 10.9 Å². The van der Waals surface area contributed by atoms with E-state index in [1.165, 1.54) is 12.1 Å². The van der Waals surface area contributed by atoms with E-state index in [1.807, 2.05) is 0 Å². The molecule has 3 unspecified atom stereocenters. The third-order valence-electron chi connectivity index (χ3n) is 6.70. The van der Waals surface area contributed by atoms with Gasteiger partial charge in [0.05, 0.1) is 0 Å². The number of benzene rings is 1. The van der Waals surface area contributed by atoms with Crippen molar-refractivity contribution >= 4 is 28.1 Å². The third-order valence-corrected chi connectivity index (χ3v) is 6.70. The molecule has 1 saturated carbocycles. The van der Waals surface area contributed by atoms with E-state index < -0.39 is 17.8 Å². The SMILES string of the molecule is NC(CC(=O)C1CCCCC2C(=[N+]=C2C(F)(F)F)CCC1)Cc1c[nH]c2cc(F)ccc12. The Balaban J connectivity index is 1.34. The topological polar surface area (TPSA) is 73.0 Å². The van der Waals surface area contributed by atoms with Gasteiger partial charge in [-0.2, -0.15) is 13.2 Å². The Morgan fingerprint density at radius 1 is 1.19 bits per heavy atom. The number of hydrogen-bond acceptors (Lipinski definition) is 2. The standard InChI is InChI=1S/C24H28F4N3O/c25-16-8-9-18-15(13-30-21(18)11-16)10-17(29)12-22(32)14-4-1-2-6-19-20(7-3-5-14)31-23(19)24(26,27)28/h8-9,11,13-14,17,19,30H,1-7,10,12,29H2/q+1. The van der Waals surface area contributed by atoms with Gasteiger partial charge in [0.1, 0.15) is 11.6 Å². The summed E-state index contributed by atoms with van der Waals surface area (Å²) in [6.07, 6.45) is 2.61. The summed E-state index contributed by atoms with van der Waals surface area (Å²) >= 11 is 0. The molecule has 4 nitrogen and oxygen atoms in total. The van der Waals surface area contributed by atoms with Gasteiger partial charge >= 0.3 is 11.9 Å². The summed E-state index contributed by atoms with van der Waals surface area (Å²) < 4.78 is 56.1. The molecule has 4 rings (SSSR count). The molecule has 1 aromatic heterocycles. The molecule has 0 radical (unpaired) electrons. The Labute approximate surface area is 184 Å². The van der Waals surface area contributed by atoms with Crippen molar-refractivity contribution in [1.29, 1.82) is 0 Å². The third kappa shape index (κ3) is 4.97. The molecule has 0 bridgehead atoms. The number of nitrogens with zero attached hydrogens (tertiary/aromatic N) is 1. The molecular weight excluding hydrogens is 422 g/mol. The molecule has 1 fully saturated rings. The lowest BCUT2D eigenvalue weighted by atomic mass is 9.80. The minimum atomic E-state index is -4.34. The van der Waals surface area contributed by atoms with Crippen molar-refractivity contribution in [2.75, 3.05) is 0 Å². The number of carbonyl (C=O) groups is 1. The lowest BCUT2D eigenvalue weighted by Gasteiger charge is -2.21. The highest BCUT2D eigenvalue weighted by molar-refractivity contribution is 6.17. The number of nitrogens with one attached hydrogen (secondary N) is 1. The Morgan fingerprint density at radius 2 is 1.94 bits per heavy atom. The number of ketones is 1. The number of aromatic amines is 1. The maximum atomic E-state index is 13.4. The fourth-order valence-electron chi connectivity index (χ4n) is 5.04. The number of nitrogens with two attached hydrogens (primary N) is 1. The van der Waals surface area contributed by atoms with E-state index in [-0.39, 0.29) is 30.0 Å². The Kier molecular flexibility index (Phi) is 6.54. The fraction of sp³-hybridized carbons (Fsp3) is 0.542. The van der Waals surface area contributed by atoms with Crippen molar-refractivity contribution < 1.29 is 22.4 Å². The van der Waals surface area contributed by atoms with Crippen LogP contribution >= 0.6 is 0 Å². The second-order valence-electron chi connectivity index (χ2n) is 9.05. The molecule has 1 aromatic carbocycles. The first-order valence-electron chi connectivity index (χ1n) is 11.3. The lowest BCUT2D eigenvalue weighted by Crippen LogP contribution is -2.46. The predicted molar refractivity (Wildman–Crippen MR) is 117 cm³/mol. The minimum Gasteiger partial charge on any atom is -0.361 e. The fourth-order valence-corrected chi connectivity index (χ4v) is 5.04. The smallest absolute Gasteiger partial charge is 0.361 e. The van der Waals surface area contributed by atoms with Crippen LogP contribution in [0.1, 0.15) is 56.9 Å². The summed E-state index contributed by atoms with van der Waals surface area (Å²) in [5.74, 6) is -0.853. The summed E-state index contributed by atoms with van der Waals surface area (Å²) in [5, 5.41) is 0.902. The number of carbonyl (C=O) groups excluding carboxylic acids is 1. The highest BCUT2D eigenvalue weighted by Crippen LogP contribution is 2.32. The van der Waals surface area contributed by atoms with Crippen LogP contribution in [0.5, 0.6) is 0 Å². The van der Waals surface area contributed by atoms with Crippen molar-refractivity contribution in [2.45, 2.75) is 70.0 Å². The molecule has 32 heavy (non-hydrogen) atoms. The van der Waals surface area contributed by atoms with Crippen LogP contribution in [-0.2, 0) is 11.2 Å². The largest absolute Gasteiger partial charge is 0.492 e. The van der Waals surface area contributed by atoms with Crippen LogP contribution in [0.3, 0.4) is 0 Å². The van der Waals surface area contributed by atoms with Gasteiger partial charge in [-0.05, 0) is 55.9 Å². The molecule has 3 atom stereocenters. The average molecular weight is 451 g/mol. The molecule has 8 heteroatoms. The number of H-pyrrole nitrogens is 1. The summed E-state index contributed by atoms with van der Waals surface area (Å²) in [5.41, 5.74) is 7.95. The van der Waals surface area contributed by atoms with Gasteiger partial charge in [-0.15, -0.1) is 0 Å². The summed E-state index contributed by atoms with van der Waals surface area (Å²) in [7, 11) is 0. The van der Waals surface area contributed by atoms with Gasteiger partial charge in [0.15, 0.2) is 5.92 Å². The van der Waals surface area contributed by atoms with Crippen LogP contribution in [0, 0.1) is 17.7 Å². The molecule has 2 aliphatic rings. The van der Waals surface area contributed by atoms with Crippen LogP contribution in [-0.4, -0.2) is 34.4 Å². The molecular formula is C24H28F4N3O+. The van der Waals surface area contributed by atoms with Crippen molar-refractivity contribution in [3.05, 3.63) is 35.8 Å². The zero-order valence-corrected chi connectivity index (χ0v) is 17.9. The number of fused-ring (bicyclic) bond motifs is 2. The predicted octanol–water partition coefficient (Wildman–Crippen LogP) is 4.64. The van der Waals surface area contributed by atoms with E-state index in [9.17, 15) is 22.4 Å². The van der Waals surface area contributed by atoms with Crippen LogP contribution in [0.4, 0.5) is 17.6 Å². The Bertz CT molecular complexity index is 1060. The summed E-state index contributed by atoms with van der Waals surface area (Å²) in [6.45, 7) is 0. The minimum absolute atomic E-state index is 0.110. The number of rotatable bonds is 5. The van der Waals surface area contributed by atoms with E-state index in [0.29, 0.717) is 56.2 Å². The molecule has 0 saturated heterocycles. The number of alkyl halides is 3. The molecule has 2 heterocycles. The van der Waals surface area contributed by atoms with Crippen LogP contribution in [0.15, 0.2) is 24.4 Å². The van der Waals surface area contributed by atoms with Gasteiger partial charge in [-0.3, -0.25) is 4.79 Å². The van der Waals surface area contributed by atoms with Gasteiger partial charge in [0.2, 0.25) is 0 Å². The maximum absolute atomic E-state index is 13.4. The molecule has 1 aliphatic carbocycles. The second-order valence-corrected chi connectivity index (χ2v) is 9.05. The monoisotopic (exact) mass is 450 g/mol. The van der Waals surface area contributed by atoms with Gasteiger partial charge in [-0.25, -0.2) is 4.39 Å². The van der Waals surface area contributed by atoms with E-state index in [4.69, 9.17) is 5.73 Å². The zero-order chi connectivity index (χ0) is 22.9. The number of aromatic nitrogens is 1. The van der Waals surface area contributed by atoms with E-state index in [2.05, 4.69) is 9.65 Å².